The largest absolute Gasteiger partial charge is 0.480 e. The minimum Gasteiger partial charge on any atom is -0.480 e. The molecule has 1 aromatic rings. The summed E-state index contributed by atoms with van der Waals surface area (Å²) in [6.07, 6.45) is 1.15. The van der Waals surface area contributed by atoms with Gasteiger partial charge in [-0.15, -0.1) is 11.8 Å². The van der Waals surface area contributed by atoms with Gasteiger partial charge in [0.05, 0.1) is 11.4 Å². The lowest BCUT2D eigenvalue weighted by molar-refractivity contribution is -0.141. The zero-order valence-electron chi connectivity index (χ0n) is 11.9. The van der Waals surface area contributed by atoms with E-state index >= 15 is 0 Å². The van der Waals surface area contributed by atoms with Crippen LogP contribution in [0.4, 0.5) is 0 Å². The fourth-order valence-corrected chi connectivity index (χ4v) is 2.72. The smallest absolute Gasteiger partial charge is 0.326 e. The number of hydrogen-bond acceptors (Lipinski definition) is 5. The number of carboxylic acid groups (broad SMARTS) is 1. The highest BCUT2D eigenvalue weighted by Gasteiger charge is 2.18. The number of carboxylic acids is 1. The van der Waals surface area contributed by atoms with E-state index in [1.165, 1.54) is 11.8 Å². The molecule has 0 aliphatic rings. The second-order valence-electron chi connectivity index (χ2n) is 4.54. The van der Waals surface area contributed by atoms with Gasteiger partial charge in [-0.25, -0.2) is 4.79 Å². The Bertz CT molecular complexity index is 453. The first-order valence-corrected chi connectivity index (χ1v) is 7.62. The summed E-state index contributed by atoms with van der Waals surface area (Å²) in [5.74, 6) is 0.348. The van der Waals surface area contributed by atoms with E-state index in [1.54, 1.807) is 0 Å². The molecular formula is C13H20N2O4S. The lowest BCUT2D eigenvalue weighted by Crippen LogP contribution is -2.41. The van der Waals surface area contributed by atoms with Gasteiger partial charge in [-0.2, -0.15) is 0 Å². The normalized spacial score (nSPS) is 12.2. The number of thioether (sulfide) groups is 1. The zero-order chi connectivity index (χ0) is 15.1. The number of aliphatic carboxylic acids is 1. The molecule has 0 aromatic carbocycles. The van der Waals surface area contributed by atoms with Crippen LogP contribution >= 0.6 is 11.8 Å². The number of aryl methyl sites for hydroxylation is 2. The number of rotatable bonds is 8. The highest BCUT2D eigenvalue weighted by Crippen LogP contribution is 2.19. The van der Waals surface area contributed by atoms with Crippen molar-refractivity contribution in [2.75, 3.05) is 5.75 Å². The number of hydrogen-bond donors (Lipinski definition) is 2. The van der Waals surface area contributed by atoms with Crippen LogP contribution in [0.2, 0.25) is 0 Å². The summed E-state index contributed by atoms with van der Waals surface area (Å²) in [6, 6.07) is -0.799. The lowest BCUT2D eigenvalue weighted by atomic mass is 10.2. The van der Waals surface area contributed by atoms with Crippen LogP contribution in [0.3, 0.4) is 0 Å². The highest BCUT2D eigenvalue weighted by atomic mass is 32.2. The van der Waals surface area contributed by atoms with Crippen LogP contribution < -0.4 is 5.32 Å². The number of carbonyl (C=O) groups excluding carboxylic acids is 1. The summed E-state index contributed by atoms with van der Waals surface area (Å²) in [7, 11) is 0. The van der Waals surface area contributed by atoms with Gasteiger partial charge in [-0.3, -0.25) is 4.79 Å². The number of amides is 1. The zero-order valence-corrected chi connectivity index (χ0v) is 12.7. The molecule has 1 atom stereocenters. The van der Waals surface area contributed by atoms with Gasteiger partial charge < -0.3 is 14.9 Å². The second-order valence-corrected chi connectivity index (χ2v) is 5.53. The first-order chi connectivity index (χ1) is 9.45. The Kier molecular flexibility index (Phi) is 6.57. The molecule has 6 nitrogen and oxygen atoms in total. The van der Waals surface area contributed by atoms with Crippen LogP contribution in [0.25, 0.3) is 0 Å². The Labute approximate surface area is 122 Å². The molecule has 0 saturated carbocycles. The summed E-state index contributed by atoms with van der Waals surface area (Å²) in [5.41, 5.74) is 1.82. The Morgan fingerprint density at radius 3 is 2.65 bits per heavy atom. The van der Waals surface area contributed by atoms with Crippen LogP contribution in [0.5, 0.6) is 0 Å². The fourth-order valence-electron chi connectivity index (χ4n) is 1.74. The fraction of sp³-hybridized carbons (Fsp3) is 0.615. The van der Waals surface area contributed by atoms with Crippen molar-refractivity contribution in [3.63, 3.8) is 0 Å². The van der Waals surface area contributed by atoms with Crippen molar-refractivity contribution >= 4 is 23.6 Å². The van der Waals surface area contributed by atoms with Gasteiger partial charge in [-0.1, -0.05) is 18.5 Å². The third-order valence-corrected chi connectivity index (χ3v) is 3.83. The molecule has 0 radical (unpaired) electrons. The number of carbonyl (C=O) groups is 2. The minimum atomic E-state index is -0.990. The first-order valence-electron chi connectivity index (χ1n) is 6.47. The Morgan fingerprint density at radius 1 is 1.45 bits per heavy atom. The SMILES string of the molecule is CCC[C@H](NC(=O)CSCc1c(C)noc1C)C(=O)O. The van der Waals surface area contributed by atoms with Crippen LogP contribution in [0, 0.1) is 13.8 Å². The Hall–Kier alpha value is -1.50. The van der Waals surface area contributed by atoms with Gasteiger partial charge in [0.25, 0.3) is 0 Å². The van der Waals surface area contributed by atoms with Crippen molar-refractivity contribution in [1.82, 2.24) is 10.5 Å². The molecular weight excluding hydrogens is 280 g/mol. The van der Waals surface area contributed by atoms with Crippen molar-refractivity contribution in [3.05, 3.63) is 17.0 Å². The molecule has 0 spiro atoms. The molecule has 0 fully saturated rings. The van der Waals surface area contributed by atoms with Crippen molar-refractivity contribution < 1.29 is 19.2 Å². The van der Waals surface area contributed by atoms with E-state index in [2.05, 4.69) is 10.5 Å². The molecule has 1 aromatic heterocycles. The number of nitrogens with one attached hydrogen (secondary N) is 1. The Morgan fingerprint density at radius 2 is 2.15 bits per heavy atom. The van der Waals surface area contributed by atoms with Gasteiger partial charge in [0.2, 0.25) is 5.91 Å². The van der Waals surface area contributed by atoms with E-state index in [9.17, 15) is 9.59 Å². The molecule has 112 valence electrons. The minimum absolute atomic E-state index is 0.220. The second kappa shape index (κ2) is 7.94. The molecule has 1 heterocycles. The summed E-state index contributed by atoms with van der Waals surface area (Å²) >= 11 is 1.41. The van der Waals surface area contributed by atoms with E-state index in [-0.39, 0.29) is 11.7 Å². The van der Waals surface area contributed by atoms with Crippen LogP contribution in [-0.4, -0.2) is 33.9 Å². The average Bonchev–Trinajstić information content (AvgIpc) is 2.69. The predicted octanol–water partition coefficient (Wildman–Crippen LogP) is 1.89. The first kappa shape index (κ1) is 16.6. The van der Waals surface area contributed by atoms with E-state index in [0.717, 1.165) is 17.0 Å². The molecule has 0 aliphatic heterocycles. The number of aromatic nitrogens is 1. The average molecular weight is 300 g/mol. The summed E-state index contributed by atoms with van der Waals surface area (Å²) in [5, 5.41) is 15.3. The van der Waals surface area contributed by atoms with E-state index in [4.69, 9.17) is 9.63 Å². The topological polar surface area (TPSA) is 92.4 Å². The van der Waals surface area contributed by atoms with Gasteiger partial charge in [0.1, 0.15) is 11.8 Å². The predicted molar refractivity (Wildman–Crippen MR) is 76.6 cm³/mol. The quantitative estimate of drug-likeness (QED) is 0.761. The van der Waals surface area contributed by atoms with Gasteiger partial charge in [-0.05, 0) is 20.3 Å². The highest BCUT2D eigenvalue weighted by molar-refractivity contribution is 7.99. The molecule has 1 amide bonds. The number of nitrogens with zero attached hydrogens (tertiary/aromatic N) is 1. The van der Waals surface area contributed by atoms with Crippen molar-refractivity contribution in [3.8, 4) is 0 Å². The summed E-state index contributed by atoms with van der Waals surface area (Å²) < 4.78 is 5.04. The monoisotopic (exact) mass is 300 g/mol. The van der Waals surface area contributed by atoms with Crippen LogP contribution in [-0.2, 0) is 15.3 Å². The summed E-state index contributed by atoms with van der Waals surface area (Å²) in [4.78, 5) is 22.6. The van der Waals surface area contributed by atoms with E-state index in [0.29, 0.717) is 18.6 Å². The molecule has 7 heteroatoms. The molecule has 1 rings (SSSR count). The molecule has 0 bridgehead atoms. The maximum atomic E-state index is 11.7. The molecule has 0 aliphatic carbocycles. The van der Waals surface area contributed by atoms with E-state index in [1.807, 2.05) is 20.8 Å². The molecule has 20 heavy (non-hydrogen) atoms. The third-order valence-electron chi connectivity index (χ3n) is 2.87. The van der Waals surface area contributed by atoms with Gasteiger partial charge in [0.15, 0.2) is 0 Å². The van der Waals surface area contributed by atoms with Gasteiger partial charge >= 0.3 is 5.97 Å². The van der Waals surface area contributed by atoms with E-state index < -0.39 is 12.0 Å². The maximum Gasteiger partial charge on any atom is 0.326 e. The maximum absolute atomic E-state index is 11.7. The van der Waals surface area contributed by atoms with Gasteiger partial charge in [0, 0.05) is 11.3 Å². The van der Waals surface area contributed by atoms with Crippen LogP contribution in [0.15, 0.2) is 4.52 Å². The van der Waals surface area contributed by atoms with Crippen molar-refractivity contribution in [1.29, 1.82) is 0 Å². The molecule has 2 N–H and O–H groups in total. The van der Waals surface area contributed by atoms with Crippen molar-refractivity contribution in [2.24, 2.45) is 0 Å². The standard InChI is InChI=1S/C13H20N2O4S/c1-4-5-11(13(17)18)14-12(16)7-20-6-10-8(2)15-19-9(10)3/h11H,4-7H2,1-3H3,(H,14,16)(H,17,18)/t11-/m0/s1. The third kappa shape index (κ3) is 4.88. The van der Waals surface area contributed by atoms with Crippen LogP contribution in [0.1, 0.15) is 36.8 Å². The Balaban J connectivity index is 2.38. The van der Waals surface area contributed by atoms with Crippen molar-refractivity contribution in [2.45, 2.75) is 45.4 Å². The summed E-state index contributed by atoms with van der Waals surface area (Å²) in [6.45, 7) is 5.57. The lowest BCUT2D eigenvalue weighted by Gasteiger charge is -2.13. The molecule has 0 saturated heterocycles. The molecule has 0 unspecified atom stereocenters.